The first-order valence-corrected chi connectivity index (χ1v) is 5.14. The van der Waals surface area contributed by atoms with Gasteiger partial charge in [0.05, 0.1) is 12.6 Å². The quantitative estimate of drug-likeness (QED) is 0.586. The Balaban J connectivity index is 4.55. The van der Waals surface area contributed by atoms with Crippen LogP contribution in [-0.2, 0) is 9.59 Å². The number of nitrogens with two attached hydrogens (primary N) is 2. The number of hydrogen-bond donors (Lipinski definition) is 2. The molecule has 0 aliphatic rings. The van der Waals surface area contributed by atoms with Gasteiger partial charge in [0, 0.05) is 13.0 Å². The van der Waals surface area contributed by atoms with E-state index in [0.29, 0.717) is 6.54 Å². The summed E-state index contributed by atoms with van der Waals surface area (Å²) < 4.78 is 0. The van der Waals surface area contributed by atoms with Crippen molar-refractivity contribution in [3.63, 3.8) is 0 Å². The molecule has 0 aromatic rings. The summed E-state index contributed by atoms with van der Waals surface area (Å²) in [6, 6.07) is -0.761. The van der Waals surface area contributed by atoms with Gasteiger partial charge >= 0.3 is 0 Å². The van der Waals surface area contributed by atoms with E-state index in [0.717, 1.165) is 0 Å². The fourth-order valence-electron chi connectivity index (χ4n) is 1.31. The molecule has 0 aromatic heterocycles. The third-order valence-electron chi connectivity index (χ3n) is 1.90. The van der Waals surface area contributed by atoms with Crippen LogP contribution in [0.15, 0.2) is 0 Å². The summed E-state index contributed by atoms with van der Waals surface area (Å²) >= 11 is 0. The summed E-state index contributed by atoms with van der Waals surface area (Å²) in [5, 5.41) is 0. The predicted molar refractivity (Wildman–Crippen MR) is 62.0 cm³/mol. The lowest BCUT2D eigenvalue weighted by Gasteiger charge is -2.25. The van der Waals surface area contributed by atoms with Crippen molar-refractivity contribution >= 4 is 11.8 Å². The summed E-state index contributed by atoms with van der Waals surface area (Å²) in [4.78, 5) is 24.0. The van der Waals surface area contributed by atoms with Crippen molar-refractivity contribution in [2.45, 2.75) is 26.3 Å². The Hall–Kier alpha value is -1.54. The van der Waals surface area contributed by atoms with Crippen molar-refractivity contribution in [3.8, 4) is 12.3 Å². The molecule has 0 bridgehead atoms. The van der Waals surface area contributed by atoms with E-state index in [1.807, 2.05) is 13.8 Å². The zero-order chi connectivity index (χ0) is 12.7. The minimum Gasteiger partial charge on any atom is -0.368 e. The molecule has 4 N–H and O–H groups in total. The van der Waals surface area contributed by atoms with Crippen molar-refractivity contribution in [2.24, 2.45) is 17.4 Å². The molecule has 5 heteroatoms. The zero-order valence-electron chi connectivity index (χ0n) is 9.77. The van der Waals surface area contributed by atoms with Gasteiger partial charge in [0.25, 0.3) is 0 Å². The Kier molecular flexibility index (Phi) is 6.19. The van der Waals surface area contributed by atoms with Crippen LogP contribution in [0, 0.1) is 18.3 Å². The summed E-state index contributed by atoms with van der Waals surface area (Å²) in [6.07, 6.45) is 5.24. The molecule has 0 aromatic carbocycles. The first kappa shape index (κ1) is 14.5. The van der Waals surface area contributed by atoms with Gasteiger partial charge < -0.3 is 16.4 Å². The van der Waals surface area contributed by atoms with Crippen molar-refractivity contribution in [2.75, 3.05) is 13.1 Å². The average molecular weight is 225 g/mol. The van der Waals surface area contributed by atoms with Gasteiger partial charge in [-0.1, -0.05) is 13.8 Å². The summed E-state index contributed by atoms with van der Waals surface area (Å²) in [5.41, 5.74) is 10.7. The summed E-state index contributed by atoms with van der Waals surface area (Å²) in [7, 11) is 0. The topological polar surface area (TPSA) is 89.4 Å². The van der Waals surface area contributed by atoms with E-state index in [1.54, 1.807) is 0 Å². The van der Waals surface area contributed by atoms with Crippen LogP contribution in [0.1, 0.15) is 20.3 Å². The largest absolute Gasteiger partial charge is 0.368 e. The molecule has 90 valence electrons. The fraction of sp³-hybridized carbons (Fsp3) is 0.636. The van der Waals surface area contributed by atoms with Crippen molar-refractivity contribution in [1.82, 2.24) is 4.90 Å². The molecule has 1 unspecified atom stereocenters. The molecule has 0 saturated carbocycles. The number of terminal acetylenes is 1. The fourth-order valence-corrected chi connectivity index (χ4v) is 1.31. The van der Waals surface area contributed by atoms with E-state index >= 15 is 0 Å². The summed E-state index contributed by atoms with van der Waals surface area (Å²) in [5.74, 6) is 1.68. The number of amides is 2. The van der Waals surface area contributed by atoms with Crippen molar-refractivity contribution < 1.29 is 9.59 Å². The van der Waals surface area contributed by atoms with E-state index in [2.05, 4.69) is 5.92 Å². The highest BCUT2D eigenvalue weighted by Crippen LogP contribution is 2.02. The van der Waals surface area contributed by atoms with Crippen LogP contribution in [0.3, 0.4) is 0 Å². The Labute approximate surface area is 96.2 Å². The van der Waals surface area contributed by atoms with Crippen LogP contribution < -0.4 is 11.5 Å². The predicted octanol–water partition coefficient (Wildman–Crippen LogP) is -0.693. The van der Waals surface area contributed by atoms with Crippen LogP contribution >= 0.6 is 0 Å². The molecular weight excluding hydrogens is 206 g/mol. The lowest BCUT2D eigenvalue weighted by molar-refractivity contribution is -0.136. The number of hydrogen-bond acceptors (Lipinski definition) is 3. The number of primary amides is 1. The van der Waals surface area contributed by atoms with Crippen molar-refractivity contribution in [1.29, 1.82) is 0 Å². The van der Waals surface area contributed by atoms with E-state index in [1.165, 1.54) is 4.90 Å². The lowest BCUT2D eigenvalue weighted by Crippen LogP contribution is -2.48. The van der Waals surface area contributed by atoms with Crippen LogP contribution in [0.25, 0.3) is 0 Å². The van der Waals surface area contributed by atoms with Crippen molar-refractivity contribution in [3.05, 3.63) is 0 Å². The Morgan fingerprint density at radius 1 is 1.44 bits per heavy atom. The Morgan fingerprint density at radius 3 is 2.38 bits per heavy atom. The number of nitrogens with zero attached hydrogens (tertiary/aromatic N) is 1. The molecule has 5 nitrogen and oxygen atoms in total. The maximum atomic E-state index is 11.8. The van der Waals surface area contributed by atoms with Gasteiger partial charge in [0.15, 0.2) is 0 Å². The van der Waals surface area contributed by atoms with Gasteiger partial charge in [-0.3, -0.25) is 9.59 Å². The molecular formula is C11H19N3O2. The number of carbonyl (C=O) groups is 2. The third kappa shape index (κ3) is 5.37. The SMILES string of the molecule is C#CCC(N)C(=O)N(CC(N)=O)CC(C)C. The molecule has 0 aliphatic carbocycles. The maximum Gasteiger partial charge on any atom is 0.240 e. The molecule has 16 heavy (non-hydrogen) atoms. The standard InChI is InChI=1S/C11H19N3O2/c1-4-5-9(12)11(16)14(6-8(2)3)7-10(13)15/h1,8-9H,5-7,12H2,2-3H3,(H2,13,15). The molecule has 0 aliphatic heterocycles. The molecule has 1 atom stereocenters. The minimum atomic E-state index is -0.761. The average Bonchev–Trinajstić information content (AvgIpc) is 2.14. The van der Waals surface area contributed by atoms with Gasteiger partial charge in [-0.05, 0) is 5.92 Å². The van der Waals surface area contributed by atoms with Crippen LogP contribution in [0.5, 0.6) is 0 Å². The minimum absolute atomic E-state index is 0.116. The maximum absolute atomic E-state index is 11.8. The first-order chi connectivity index (χ1) is 7.38. The molecule has 0 saturated heterocycles. The molecule has 0 spiro atoms. The summed E-state index contributed by atoms with van der Waals surface area (Å²) in [6.45, 7) is 4.21. The van der Waals surface area contributed by atoms with Gasteiger partial charge in [-0.2, -0.15) is 0 Å². The number of rotatable bonds is 6. The smallest absolute Gasteiger partial charge is 0.240 e. The second-order valence-electron chi connectivity index (χ2n) is 4.09. The molecule has 0 rings (SSSR count). The normalized spacial score (nSPS) is 11.9. The molecule has 0 radical (unpaired) electrons. The van der Waals surface area contributed by atoms with Gasteiger partial charge in [0.2, 0.25) is 11.8 Å². The Morgan fingerprint density at radius 2 is 2.00 bits per heavy atom. The second kappa shape index (κ2) is 6.85. The lowest BCUT2D eigenvalue weighted by atomic mass is 10.1. The Bertz CT molecular complexity index is 294. The highest BCUT2D eigenvalue weighted by Gasteiger charge is 2.22. The van der Waals surface area contributed by atoms with Gasteiger partial charge in [0.1, 0.15) is 0 Å². The number of carbonyl (C=O) groups excluding carboxylic acids is 2. The van der Waals surface area contributed by atoms with Gasteiger partial charge in [-0.25, -0.2) is 0 Å². The monoisotopic (exact) mass is 225 g/mol. The van der Waals surface area contributed by atoms with E-state index in [9.17, 15) is 9.59 Å². The highest BCUT2D eigenvalue weighted by atomic mass is 16.2. The van der Waals surface area contributed by atoms with E-state index < -0.39 is 11.9 Å². The first-order valence-electron chi connectivity index (χ1n) is 5.14. The highest BCUT2D eigenvalue weighted by molar-refractivity contribution is 5.86. The third-order valence-corrected chi connectivity index (χ3v) is 1.90. The molecule has 2 amide bonds. The van der Waals surface area contributed by atoms with Crippen LogP contribution in [-0.4, -0.2) is 35.8 Å². The zero-order valence-corrected chi connectivity index (χ0v) is 9.77. The molecule has 0 heterocycles. The van der Waals surface area contributed by atoms with Gasteiger partial charge in [-0.15, -0.1) is 12.3 Å². The molecule has 0 fully saturated rings. The second-order valence-corrected chi connectivity index (χ2v) is 4.09. The van der Waals surface area contributed by atoms with E-state index in [4.69, 9.17) is 17.9 Å². The van der Waals surface area contributed by atoms with Crippen LogP contribution in [0.4, 0.5) is 0 Å². The van der Waals surface area contributed by atoms with Crippen LogP contribution in [0.2, 0.25) is 0 Å². The van der Waals surface area contributed by atoms with E-state index in [-0.39, 0.29) is 24.8 Å².